The van der Waals surface area contributed by atoms with Crippen molar-refractivity contribution < 1.29 is 4.79 Å². The fraction of sp³-hybridized carbons (Fsp3) is 0.0714. The van der Waals surface area contributed by atoms with Crippen LogP contribution in [-0.4, -0.2) is 10.4 Å². The first-order chi connectivity index (χ1) is 9.08. The van der Waals surface area contributed by atoms with Crippen LogP contribution in [0.15, 0.2) is 40.3 Å². The number of ketones is 1. The zero-order valence-electron chi connectivity index (χ0n) is 9.98. The summed E-state index contributed by atoms with van der Waals surface area (Å²) in [5.41, 5.74) is 1.67. The zero-order chi connectivity index (χ0) is 13.6. The van der Waals surface area contributed by atoms with E-state index in [2.05, 4.69) is 15.9 Å². The Morgan fingerprint density at radius 3 is 2.84 bits per heavy atom. The number of carbonyl (C=O) groups is 1. The molecular formula is C14H9BrClNOS. The maximum atomic E-state index is 12.6. The van der Waals surface area contributed by atoms with E-state index in [-0.39, 0.29) is 5.78 Å². The van der Waals surface area contributed by atoms with E-state index in [9.17, 15) is 4.79 Å². The van der Waals surface area contributed by atoms with E-state index in [0.717, 1.165) is 20.3 Å². The highest BCUT2D eigenvalue weighted by atomic mass is 79.9. The van der Waals surface area contributed by atoms with Gasteiger partial charge in [-0.1, -0.05) is 17.7 Å². The van der Waals surface area contributed by atoms with Crippen LogP contribution in [0.1, 0.15) is 15.2 Å². The van der Waals surface area contributed by atoms with E-state index < -0.39 is 0 Å². The molecule has 0 unspecified atom stereocenters. The summed E-state index contributed by atoms with van der Waals surface area (Å²) in [4.78, 5) is 13.3. The molecule has 0 aliphatic heterocycles. The highest BCUT2D eigenvalue weighted by Gasteiger charge is 2.19. The SMILES string of the molecule is Cn1cc(C(=O)c2sccc2Br)c2ccc(Cl)cc21. The average Bonchev–Trinajstić information content (AvgIpc) is 2.94. The summed E-state index contributed by atoms with van der Waals surface area (Å²) < 4.78 is 2.77. The highest BCUT2D eigenvalue weighted by Crippen LogP contribution is 2.30. The Morgan fingerprint density at radius 1 is 1.37 bits per heavy atom. The lowest BCUT2D eigenvalue weighted by atomic mass is 10.1. The monoisotopic (exact) mass is 353 g/mol. The van der Waals surface area contributed by atoms with Crippen molar-refractivity contribution in [1.82, 2.24) is 4.57 Å². The number of hydrogen-bond acceptors (Lipinski definition) is 2. The summed E-state index contributed by atoms with van der Waals surface area (Å²) in [6, 6.07) is 7.47. The smallest absolute Gasteiger partial charge is 0.206 e. The molecule has 2 heterocycles. The molecule has 0 radical (unpaired) electrons. The molecular weight excluding hydrogens is 346 g/mol. The van der Waals surface area contributed by atoms with Crippen molar-refractivity contribution in [2.24, 2.45) is 7.05 Å². The van der Waals surface area contributed by atoms with Gasteiger partial charge in [0.25, 0.3) is 0 Å². The number of thiophene rings is 1. The Morgan fingerprint density at radius 2 is 2.16 bits per heavy atom. The van der Waals surface area contributed by atoms with Gasteiger partial charge in [-0.05, 0) is 39.5 Å². The fourth-order valence-electron chi connectivity index (χ4n) is 2.12. The lowest BCUT2D eigenvalue weighted by molar-refractivity contribution is 0.104. The molecule has 0 aliphatic carbocycles. The van der Waals surface area contributed by atoms with Crippen LogP contribution in [0.4, 0.5) is 0 Å². The first-order valence-corrected chi connectivity index (χ1v) is 7.65. The molecule has 0 atom stereocenters. The molecule has 0 amide bonds. The summed E-state index contributed by atoms with van der Waals surface area (Å²) in [7, 11) is 1.92. The minimum Gasteiger partial charge on any atom is -0.350 e. The Bertz CT molecular complexity index is 790. The number of aromatic nitrogens is 1. The van der Waals surface area contributed by atoms with E-state index in [1.165, 1.54) is 11.3 Å². The summed E-state index contributed by atoms with van der Waals surface area (Å²) >= 11 is 10.9. The quantitative estimate of drug-likeness (QED) is 0.601. The summed E-state index contributed by atoms with van der Waals surface area (Å²) in [6.45, 7) is 0. The molecule has 0 spiro atoms. The molecule has 2 aromatic heterocycles. The lowest BCUT2D eigenvalue weighted by Crippen LogP contribution is -1.98. The van der Waals surface area contributed by atoms with Crippen LogP contribution in [-0.2, 0) is 7.05 Å². The molecule has 0 saturated carbocycles. The molecule has 3 rings (SSSR count). The Labute approximate surface area is 127 Å². The second-order valence-electron chi connectivity index (χ2n) is 4.24. The predicted molar refractivity (Wildman–Crippen MR) is 83.4 cm³/mol. The first-order valence-electron chi connectivity index (χ1n) is 5.60. The zero-order valence-corrected chi connectivity index (χ0v) is 13.1. The second-order valence-corrected chi connectivity index (χ2v) is 6.45. The fourth-order valence-corrected chi connectivity index (χ4v) is 3.79. The normalized spacial score (nSPS) is 11.1. The number of rotatable bonds is 2. The van der Waals surface area contributed by atoms with Gasteiger partial charge in [0.1, 0.15) is 0 Å². The third-order valence-electron chi connectivity index (χ3n) is 3.02. The largest absolute Gasteiger partial charge is 0.350 e. The summed E-state index contributed by atoms with van der Waals surface area (Å²) in [6.07, 6.45) is 1.86. The first kappa shape index (κ1) is 12.9. The molecule has 19 heavy (non-hydrogen) atoms. The molecule has 0 bridgehead atoms. The van der Waals surface area contributed by atoms with Crippen molar-refractivity contribution in [1.29, 1.82) is 0 Å². The van der Waals surface area contributed by atoms with Gasteiger partial charge in [-0.3, -0.25) is 4.79 Å². The summed E-state index contributed by atoms with van der Waals surface area (Å²) in [5, 5.41) is 3.50. The number of fused-ring (bicyclic) bond motifs is 1. The topological polar surface area (TPSA) is 22.0 Å². The van der Waals surface area contributed by atoms with Crippen LogP contribution in [0, 0.1) is 0 Å². The molecule has 1 aromatic carbocycles. The molecule has 5 heteroatoms. The van der Waals surface area contributed by atoms with Crippen molar-refractivity contribution in [3.8, 4) is 0 Å². The van der Waals surface area contributed by atoms with Crippen molar-refractivity contribution >= 4 is 55.6 Å². The van der Waals surface area contributed by atoms with Gasteiger partial charge in [-0.2, -0.15) is 0 Å². The van der Waals surface area contributed by atoms with Crippen molar-refractivity contribution in [2.75, 3.05) is 0 Å². The van der Waals surface area contributed by atoms with Gasteiger partial charge >= 0.3 is 0 Å². The van der Waals surface area contributed by atoms with Crippen LogP contribution < -0.4 is 0 Å². The number of carbonyl (C=O) groups excluding carboxylic acids is 1. The molecule has 0 saturated heterocycles. The minimum absolute atomic E-state index is 0.0368. The van der Waals surface area contributed by atoms with E-state index >= 15 is 0 Å². The molecule has 0 N–H and O–H groups in total. The third kappa shape index (κ3) is 2.14. The number of aryl methyl sites for hydroxylation is 1. The standard InChI is InChI=1S/C14H9BrClNOS/c1-17-7-10(9-3-2-8(16)6-12(9)17)13(18)14-11(15)4-5-19-14/h2-7H,1H3. The maximum absolute atomic E-state index is 12.6. The third-order valence-corrected chi connectivity index (χ3v) is 5.09. The van der Waals surface area contributed by atoms with Gasteiger partial charge in [0.15, 0.2) is 0 Å². The van der Waals surface area contributed by atoms with Crippen molar-refractivity contribution in [2.45, 2.75) is 0 Å². The van der Waals surface area contributed by atoms with Crippen molar-refractivity contribution in [3.63, 3.8) is 0 Å². The number of halogens is 2. The maximum Gasteiger partial charge on any atom is 0.206 e. The predicted octanol–water partition coefficient (Wildman–Crippen LogP) is 4.89. The highest BCUT2D eigenvalue weighted by molar-refractivity contribution is 9.10. The minimum atomic E-state index is 0.0368. The van der Waals surface area contributed by atoms with Gasteiger partial charge in [0, 0.05) is 39.2 Å². The average molecular weight is 355 g/mol. The second kappa shape index (κ2) is 4.78. The van der Waals surface area contributed by atoms with Crippen LogP contribution >= 0.6 is 38.9 Å². The van der Waals surface area contributed by atoms with E-state index in [1.807, 2.05) is 47.5 Å². The Kier molecular flexibility index (Phi) is 3.25. The molecule has 96 valence electrons. The Balaban J connectivity index is 2.21. The van der Waals surface area contributed by atoms with Gasteiger partial charge in [0.05, 0.1) is 4.88 Å². The van der Waals surface area contributed by atoms with Crippen LogP contribution in [0.3, 0.4) is 0 Å². The van der Waals surface area contributed by atoms with Crippen molar-refractivity contribution in [3.05, 3.63) is 55.8 Å². The molecule has 0 fully saturated rings. The summed E-state index contributed by atoms with van der Waals surface area (Å²) in [5.74, 6) is 0.0368. The lowest BCUT2D eigenvalue weighted by Gasteiger charge is -1.98. The van der Waals surface area contributed by atoms with E-state index in [0.29, 0.717) is 10.6 Å². The number of hydrogen-bond donors (Lipinski definition) is 0. The van der Waals surface area contributed by atoms with Gasteiger partial charge < -0.3 is 4.57 Å². The van der Waals surface area contributed by atoms with Gasteiger partial charge in [-0.25, -0.2) is 0 Å². The number of benzene rings is 1. The van der Waals surface area contributed by atoms with Crippen LogP contribution in [0.2, 0.25) is 5.02 Å². The van der Waals surface area contributed by atoms with Gasteiger partial charge in [-0.15, -0.1) is 11.3 Å². The van der Waals surface area contributed by atoms with Crippen LogP contribution in [0.25, 0.3) is 10.9 Å². The number of nitrogens with zero attached hydrogens (tertiary/aromatic N) is 1. The molecule has 0 aliphatic rings. The molecule has 3 aromatic rings. The van der Waals surface area contributed by atoms with E-state index in [1.54, 1.807) is 0 Å². The Hall–Kier alpha value is -1.10. The van der Waals surface area contributed by atoms with Crippen LogP contribution in [0.5, 0.6) is 0 Å². The van der Waals surface area contributed by atoms with E-state index in [4.69, 9.17) is 11.6 Å². The van der Waals surface area contributed by atoms with Gasteiger partial charge in [0.2, 0.25) is 5.78 Å². The molecule has 2 nitrogen and oxygen atoms in total.